The highest BCUT2D eigenvalue weighted by Gasteiger charge is 2.09. The number of nitrogens with zero attached hydrogens (tertiary/aromatic N) is 1. The summed E-state index contributed by atoms with van der Waals surface area (Å²) < 4.78 is 5.58. The van der Waals surface area contributed by atoms with Crippen molar-refractivity contribution in [1.82, 2.24) is 4.98 Å². The molecule has 2 aromatic heterocycles. The number of rotatable bonds is 7. The van der Waals surface area contributed by atoms with Gasteiger partial charge >= 0.3 is 0 Å². The Morgan fingerprint density at radius 3 is 2.75 bits per heavy atom. The van der Waals surface area contributed by atoms with Crippen molar-refractivity contribution < 1.29 is 9.53 Å². The number of thiazole rings is 1. The first-order chi connectivity index (χ1) is 11.7. The van der Waals surface area contributed by atoms with E-state index in [0.717, 1.165) is 34.9 Å². The minimum atomic E-state index is -0.0401. The van der Waals surface area contributed by atoms with Gasteiger partial charge in [0.15, 0.2) is 5.13 Å². The number of carbonyl (C=O) groups is 1. The fourth-order valence-electron chi connectivity index (χ4n) is 2.14. The summed E-state index contributed by atoms with van der Waals surface area (Å²) in [7, 11) is 0. The van der Waals surface area contributed by atoms with E-state index in [1.54, 1.807) is 11.3 Å². The van der Waals surface area contributed by atoms with E-state index >= 15 is 0 Å². The molecule has 1 amide bonds. The Balaban J connectivity index is 1.61. The molecule has 6 heteroatoms. The monoisotopic (exact) mass is 358 g/mol. The Kier molecular flexibility index (Phi) is 5.61. The van der Waals surface area contributed by atoms with Gasteiger partial charge in [0.2, 0.25) is 5.91 Å². The predicted octanol–water partition coefficient (Wildman–Crippen LogP) is 4.84. The summed E-state index contributed by atoms with van der Waals surface area (Å²) in [4.78, 5) is 17.6. The normalized spacial score (nSPS) is 10.5. The molecule has 3 aromatic rings. The molecule has 0 radical (unpaired) electrons. The zero-order valence-corrected chi connectivity index (χ0v) is 15.0. The smallest absolute Gasteiger partial charge is 0.231 e. The van der Waals surface area contributed by atoms with Crippen LogP contribution in [-0.2, 0) is 11.2 Å². The van der Waals surface area contributed by atoms with Gasteiger partial charge in [-0.3, -0.25) is 4.79 Å². The van der Waals surface area contributed by atoms with Crippen molar-refractivity contribution in [3.05, 3.63) is 52.0 Å². The number of amides is 1. The highest BCUT2D eigenvalue weighted by atomic mass is 32.1. The number of carbonyl (C=O) groups excluding carboxylic acids is 1. The van der Waals surface area contributed by atoms with Crippen LogP contribution in [0.2, 0.25) is 0 Å². The molecule has 0 saturated heterocycles. The number of ether oxygens (including phenoxy) is 1. The maximum Gasteiger partial charge on any atom is 0.231 e. The molecule has 0 atom stereocenters. The number of hydrogen-bond acceptors (Lipinski definition) is 5. The third-order valence-electron chi connectivity index (χ3n) is 3.29. The van der Waals surface area contributed by atoms with E-state index in [1.165, 1.54) is 11.3 Å². The van der Waals surface area contributed by atoms with Gasteiger partial charge in [0, 0.05) is 15.8 Å². The molecule has 0 aliphatic carbocycles. The van der Waals surface area contributed by atoms with E-state index in [2.05, 4.69) is 17.2 Å². The van der Waals surface area contributed by atoms with Crippen LogP contribution < -0.4 is 10.1 Å². The first kappa shape index (κ1) is 16.7. The Bertz CT molecular complexity index is 780. The van der Waals surface area contributed by atoms with Gasteiger partial charge in [-0.15, -0.1) is 22.7 Å². The third kappa shape index (κ3) is 4.43. The molecule has 4 nitrogen and oxygen atoms in total. The van der Waals surface area contributed by atoms with Gasteiger partial charge in [0.05, 0.1) is 18.7 Å². The summed E-state index contributed by atoms with van der Waals surface area (Å²) >= 11 is 3.01. The Morgan fingerprint density at radius 2 is 2.04 bits per heavy atom. The molecular weight excluding hydrogens is 340 g/mol. The Labute approximate surface area is 149 Å². The zero-order chi connectivity index (χ0) is 16.8. The second-order valence-electron chi connectivity index (χ2n) is 5.22. The van der Waals surface area contributed by atoms with Crippen molar-refractivity contribution in [3.8, 4) is 17.0 Å². The highest BCUT2D eigenvalue weighted by Crippen LogP contribution is 2.26. The summed E-state index contributed by atoms with van der Waals surface area (Å²) in [6.45, 7) is 2.80. The SMILES string of the molecule is CCCOc1ccc(-c2csc(NC(=O)Cc3cccs3)n2)cc1. The molecule has 0 unspecified atom stereocenters. The van der Waals surface area contributed by atoms with E-state index in [-0.39, 0.29) is 5.91 Å². The van der Waals surface area contributed by atoms with Crippen LogP contribution in [0.15, 0.2) is 47.2 Å². The minimum absolute atomic E-state index is 0.0401. The van der Waals surface area contributed by atoms with Crippen molar-refractivity contribution in [2.75, 3.05) is 11.9 Å². The quantitative estimate of drug-likeness (QED) is 0.657. The standard InChI is InChI=1S/C18H18N2O2S2/c1-2-9-22-14-7-5-13(6-8-14)16-12-24-18(19-16)20-17(21)11-15-4-3-10-23-15/h3-8,10,12H,2,9,11H2,1H3,(H,19,20,21). The minimum Gasteiger partial charge on any atom is -0.494 e. The van der Waals surface area contributed by atoms with Crippen LogP contribution >= 0.6 is 22.7 Å². The number of nitrogens with one attached hydrogen (secondary N) is 1. The molecule has 0 bridgehead atoms. The van der Waals surface area contributed by atoms with E-state index < -0.39 is 0 Å². The average Bonchev–Trinajstić information content (AvgIpc) is 3.25. The molecule has 0 aliphatic heterocycles. The highest BCUT2D eigenvalue weighted by molar-refractivity contribution is 7.14. The molecule has 1 aromatic carbocycles. The molecule has 3 rings (SSSR count). The molecule has 2 heterocycles. The molecule has 1 N–H and O–H groups in total. The third-order valence-corrected chi connectivity index (χ3v) is 4.92. The Hall–Kier alpha value is -2.18. The molecule has 0 aliphatic rings. The average molecular weight is 358 g/mol. The lowest BCUT2D eigenvalue weighted by atomic mass is 10.2. The fraction of sp³-hybridized carbons (Fsp3) is 0.222. The summed E-state index contributed by atoms with van der Waals surface area (Å²) in [5, 5.41) is 7.40. The van der Waals surface area contributed by atoms with E-state index in [4.69, 9.17) is 4.74 Å². The number of hydrogen-bond donors (Lipinski definition) is 1. The van der Waals surface area contributed by atoms with Crippen LogP contribution in [0.25, 0.3) is 11.3 Å². The molecule has 0 spiro atoms. The number of anilines is 1. The van der Waals surface area contributed by atoms with E-state index in [1.807, 2.05) is 47.2 Å². The predicted molar refractivity (Wildman–Crippen MR) is 100.0 cm³/mol. The van der Waals surface area contributed by atoms with E-state index in [0.29, 0.717) is 11.6 Å². The van der Waals surface area contributed by atoms with Crippen LogP contribution in [0.1, 0.15) is 18.2 Å². The van der Waals surface area contributed by atoms with Crippen molar-refractivity contribution in [2.24, 2.45) is 0 Å². The van der Waals surface area contributed by atoms with Crippen molar-refractivity contribution in [2.45, 2.75) is 19.8 Å². The van der Waals surface area contributed by atoms with Gasteiger partial charge in [0.1, 0.15) is 5.75 Å². The molecule has 24 heavy (non-hydrogen) atoms. The van der Waals surface area contributed by atoms with Crippen molar-refractivity contribution in [3.63, 3.8) is 0 Å². The molecule has 0 fully saturated rings. The second kappa shape index (κ2) is 8.08. The van der Waals surface area contributed by atoms with Crippen LogP contribution in [0.5, 0.6) is 5.75 Å². The van der Waals surface area contributed by atoms with Gasteiger partial charge in [-0.25, -0.2) is 4.98 Å². The van der Waals surface area contributed by atoms with Gasteiger partial charge in [0.25, 0.3) is 0 Å². The topological polar surface area (TPSA) is 51.2 Å². The zero-order valence-electron chi connectivity index (χ0n) is 13.3. The first-order valence-electron chi connectivity index (χ1n) is 7.75. The number of thiophene rings is 1. The van der Waals surface area contributed by atoms with Crippen LogP contribution in [-0.4, -0.2) is 17.5 Å². The summed E-state index contributed by atoms with van der Waals surface area (Å²) in [6.07, 6.45) is 1.37. The Morgan fingerprint density at radius 1 is 1.21 bits per heavy atom. The van der Waals surface area contributed by atoms with Crippen LogP contribution in [0.4, 0.5) is 5.13 Å². The lowest BCUT2D eigenvalue weighted by molar-refractivity contribution is -0.115. The maximum absolute atomic E-state index is 12.0. The van der Waals surface area contributed by atoms with Gasteiger partial charge in [-0.05, 0) is 42.1 Å². The second-order valence-corrected chi connectivity index (χ2v) is 7.11. The van der Waals surface area contributed by atoms with Gasteiger partial charge < -0.3 is 10.1 Å². The lowest BCUT2D eigenvalue weighted by Gasteiger charge is -2.04. The van der Waals surface area contributed by atoms with Gasteiger partial charge in [-0.1, -0.05) is 13.0 Å². The van der Waals surface area contributed by atoms with Crippen LogP contribution in [0.3, 0.4) is 0 Å². The largest absolute Gasteiger partial charge is 0.494 e. The fourth-order valence-corrected chi connectivity index (χ4v) is 3.58. The summed E-state index contributed by atoms with van der Waals surface area (Å²) in [6, 6.07) is 11.8. The van der Waals surface area contributed by atoms with Crippen molar-refractivity contribution >= 4 is 33.7 Å². The van der Waals surface area contributed by atoms with Crippen molar-refractivity contribution in [1.29, 1.82) is 0 Å². The summed E-state index contributed by atoms with van der Waals surface area (Å²) in [5.41, 5.74) is 1.86. The molecular formula is C18H18N2O2S2. The molecule has 0 saturated carbocycles. The number of benzene rings is 1. The molecule has 124 valence electrons. The van der Waals surface area contributed by atoms with E-state index in [9.17, 15) is 4.79 Å². The summed E-state index contributed by atoms with van der Waals surface area (Å²) in [5.74, 6) is 0.821. The first-order valence-corrected chi connectivity index (χ1v) is 9.51. The maximum atomic E-state index is 12.0. The van der Waals surface area contributed by atoms with Crippen LogP contribution in [0, 0.1) is 0 Å². The lowest BCUT2D eigenvalue weighted by Crippen LogP contribution is -2.13. The number of aromatic nitrogens is 1. The van der Waals surface area contributed by atoms with Gasteiger partial charge in [-0.2, -0.15) is 0 Å².